The van der Waals surface area contributed by atoms with E-state index in [0.29, 0.717) is 49.2 Å². The van der Waals surface area contributed by atoms with Crippen LogP contribution in [0.3, 0.4) is 0 Å². The van der Waals surface area contributed by atoms with Gasteiger partial charge < -0.3 is 31.9 Å². The number of aromatic nitrogens is 2. The summed E-state index contributed by atoms with van der Waals surface area (Å²) in [5, 5.41) is 7.79. The molecule has 1 saturated carbocycles. The quantitative estimate of drug-likeness (QED) is 0.139. The van der Waals surface area contributed by atoms with Gasteiger partial charge in [0.25, 0.3) is 0 Å². The summed E-state index contributed by atoms with van der Waals surface area (Å²) in [4.78, 5) is 107. The monoisotopic (exact) mass is 917 g/mol. The van der Waals surface area contributed by atoms with Gasteiger partial charge in [0.1, 0.15) is 24.2 Å². The van der Waals surface area contributed by atoms with E-state index in [9.17, 15) is 46.8 Å². The van der Waals surface area contributed by atoms with Gasteiger partial charge in [0.2, 0.25) is 41.4 Å². The highest BCUT2D eigenvalue weighted by Crippen LogP contribution is 2.35. The van der Waals surface area contributed by atoms with E-state index in [0.717, 1.165) is 49.4 Å². The first-order valence-electron chi connectivity index (χ1n) is 22.4. The van der Waals surface area contributed by atoms with E-state index in [2.05, 4.69) is 16.0 Å². The number of hydrogen-bond donors (Lipinski definition) is 5. The molecule has 0 radical (unpaired) electrons. The van der Waals surface area contributed by atoms with Crippen molar-refractivity contribution >= 4 is 62.2 Å². The standard InChI is InChI=1S/C45H59N9O10S/c1-51-37-22-29(9-14-34(37)54(45(51)62)36-16-18-39(56)50-43(36)60)21-26-3-5-27(6-4-26)23-40(57)52-20-19-30-10-15-35(53(30)44(61)32(46)25-52)42(59)49-33(13-17-38(47)55)41(58)48-24-28-7-11-31(12-8-28)65(2,63)64/h7-9,11-12,14,22,26-27,30,32-33,35-36H,3-6,10,13,15-21,23-25,46H2,1-2H3,(H2,47,55)(H,48,58)(H,49,59)(H,50,56,60)/t26-,27+,30-,32+,33?,35+,36?/m1/s1. The van der Waals surface area contributed by atoms with Gasteiger partial charge in [-0.05, 0) is 111 Å². The smallest absolute Gasteiger partial charge is 0.329 e. The zero-order valence-corrected chi connectivity index (χ0v) is 37.6. The van der Waals surface area contributed by atoms with Crippen molar-refractivity contribution in [3.8, 4) is 0 Å². The highest BCUT2D eigenvalue weighted by Gasteiger charge is 2.45. The van der Waals surface area contributed by atoms with Crippen LogP contribution >= 0.6 is 0 Å². The average Bonchev–Trinajstić information content (AvgIpc) is 3.79. The summed E-state index contributed by atoms with van der Waals surface area (Å²) in [5.74, 6) is -2.54. The van der Waals surface area contributed by atoms with Gasteiger partial charge in [-0.3, -0.25) is 48.0 Å². The Labute approximate surface area is 376 Å². The van der Waals surface area contributed by atoms with E-state index in [-0.39, 0.29) is 73.1 Å². The van der Waals surface area contributed by atoms with Crippen molar-refractivity contribution in [2.45, 2.75) is 125 Å². The summed E-state index contributed by atoms with van der Waals surface area (Å²) in [5.41, 5.74) is 14.6. The molecule has 350 valence electrons. The molecule has 5 atom stereocenters. The molecule has 3 aliphatic heterocycles. The topological polar surface area (TPSA) is 275 Å². The lowest BCUT2D eigenvalue weighted by atomic mass is 9.78. The summed E-state index contributed by atoms with van der Waals surface area (Å²) in [6.45, 7) is 0.411. The van der Waals surface area contributed by atoms with E-state index >= 15 is 0 Å². The number of nitrogens with zero attached hydrogens (tertiary/aromatic N) is 4. The van der Waals surface area contributed by atoms with Crippen LogP contribution < -0.4 is 33.1 Å². The molecule has 19 nitrogen and oxygen atoms in total. The number of nitrogens with one attached hydrogen (secondary N) is 3. The van der Waals surface area contributed by atoms with E-state index in [1.165, 1.54) is 21.6 Å². The molecule has 3 aromatic rings. The lowest BCUT2D eigenvalue weighted by Gasteiger charge is -2.38. The molecule has 4 aliphatic rings. The average molecular weight is 918 g/mol. The van der Waals surface area contributed by atoms with Crippen LogP contribution in [0.5, 0.6) is 0 Å². The summed E-state index contributed by atoms with van der Waals surface area (Å²) >= 11 is 0. The van der Waals surface area contributed by atoms with E-state index in [1.807, 2.05) is 18.2 Å². The Morgan fingerprint density at radius 1 is 0.877 bits per heavy atom. The van der Waals surface area contributed by atoms with Crippen LogP contribution in [0.1, 0.15) is 94.2 Å². The minimum atomic E-state index is -3.40. The molecule has 7 amide bonds. The Kier molecular flexibility index (Phi) is 14.3. The number of piperidine rings is 1. The number of fused-ring (bicyclic) bond motifs is 2. The Hall–Kier alpha value is -5.89. The Bertz CT molecular complexity index is 2530. The second kappa shape index (κ2) is 19.7. The van der Waals surface area contributed by atoms with Gasteiger partial charge in [-0.2, -0.15) is 0 Å². The molecule has 7 N–H and O–H groups in total. The Morgan fingerprint density at radius 2 is 1.57 bits per heavy atom. The maximum atomic E-state index is 13.9. The number of benzene rings is 2. The Morgan fingerprint density at radius 3 is 2.25 bits per heavy atom. The SMILES string of the molecule is Cn1c(=O)n(C2CCC(=O)NC2=O)c2ccc(C[C@H]3CC[C@@H](CC(=O)N4CC[C@H]5CC[C@@H](C(=O)NC(CCC(N)=O)C(=O)NCc6ccc(S(C)(=O)=O)cc6)N5C(=O)[C@@H](N)C4)CC3)cc21. The number of carbonyl (C=O) groups excluding carboxylic acids is 7. The molecule has 0 spiro atoms. The van der Waals surface area contributed by atoms with E-state index in [4.69, 9.17) is 11.5 Å². The maximum absolute atomic E-state index is 13.9. The predicted molar refractivity (Wildman–Crippen MR) is 237 cm³/mol. The number of carbonyl (C=O) groups is 7. The number of hydrogen-bond acceptors (Lipinski definition) is 11. The van der Waals surface area contributed by atoms with Crippen LogP contribution in [-0.2, 0) is 63.4 Å². The molecular weight excluding hydrogens is 859 g/mol. The highest BCUT2D eigenvalue weighted by atomic mass is 32.2. The fourth-order valence-corrected chi connectivity index (χ4v) is 10.6. The fourth-order valence-electron chi connectivity index (χ4n) is 9.99. The lowest BCUT2D eigenvalue weighted by molar-refractivity contribution is -0.145. The van der Waals surface area contributed by atoms with Gasteiger partial charge in [-0.25, -0.2) is 13.2 Å². The largest absolute Gasteiger partial charge is 0.370 e. The third-order valence-corrected chi connectivity index (χ3v) is 14.8. The number of rotatable bonds is 14. The molecule has 1 aliphatic carbocycles. The molecule has 4 fully saturated rings. The maximum Gasteiger partial charge on any atom is 0.329 e. The summed E-state index contributed by atoms with van der Waals surface area (Å²) in [7, 11) is -1.72. The van der Waals surface area contributed by atoms with Crippen LogP contribution in [0.15, 0.2) is 52.2 Å². The summed E-state index contributed by atoms with van der Waals surface area (Å²) in [6, 6.07) is 7.66. The molecule has 0 bridgehead atoms. The normalized spacial score (nSPS) is 24.4. The van der Waals surface area contributed by atoms with E-state index < -0.39 is 63.5 Å². The van der Waals surface area contributed by atoms with Crippen LogP contribution in [0.4, 0.5) is 0 Å². The van der Waals surface area contributed by atoms with Crippen molar-refractivity contribution in [1.82, 2.24) is 34.9 Å². The predicted octanol–water partition coefficient (Wildman–Crippen LogP) is 0.446. The van der Waals surface area contributed by atoms with Gasteiger partial charge in [0, 0.05) is 58.2 Å². The number of amides is 7. The molecular formula is C45H59N9O10S. The molecule has 3 saturated heterocycles. The summed E-state index contributed by atoms with van der Waals surface area (Å²) in [6.07, 6.45) is 7.30. The molecule has 1 aromatic heterocycles. The molecule has 2 unspecified atom stereocenters. The lowest BCUT2D eigenvalue weighted by Crippen LogP contribution is -2.60. The second-order valence-corrected chi connectivity index (χ2v) is 20.2. The first-order valence-corrected chi connectivity index (χ1v) is 24.3. The van der Waals surface area contributed by atoms with Crippen LogP contribution in [0.2, 0.25) is 0 Å². The third kappa shape index (κ3) is 10.8. The van der Waals surface area contributed by atoms with Crippen molar-refractivity contribution in [2.75, 3.05) is 19.3 Å². The zero-order chi connectivity index (χ0) is 46.7. The first-order chi connectivity index (χ1) is 30.9. The first kappa shape index (κ1) is 47.1. The van der Waals surface area contributed by atoms with Gasteiger partial charge in [0.15, 0.2) is 9.84 Å². The molecule has 2 aromatic carbocycles. The molecule has 65 heavy (non-hydrogen) atoms. The van der Waals surface area contributed by atoms with Crippen molar-refractivity contribution in [3.63, 3.8) is 0 Å². The van der Waals surface area contributed by atoms with E-state index in [1.54, 1.807) is 28.6 Å². The highest BCUT2D eigenvalue weighted by molar-refractivity contribution is 7.90. The number of imidazole rings is 1. The van der Waals surface area contributed by atoms with Crippen molar-refractivity contribution in [1.29, 1.82) is 0 Å². The van der Waals surface area contributed by atoms with Crippen molar-refractivity contribution in [3.05, 3.63) is 64.1 Å². The fraction of sp³-hybridized carbons (Fsp3) is 0.556. The molecule has 4 heterocycles. The number of primary amides is 1. The number of sulfone groups is 1. The van der Waals surface area contributed by atoms with Crippen LogP contribution in [0.25, 0.3) is 11.0 Å². The number of nitrogens with two attached hydrogens (primary N) is 2. The minimum absolute atomic E-state index is 0.00955. The number of imide groups is 1. The van der Waals surface area contributed by atoms with Gasteiger partial charge in [-0.15, -0.1) is 0 Å². The minimum Gasteiger partial charge on any atom is -0.370 e. The van der Waals surface area contributed by atoms with Crippen LogP contribution in [-0.4, -0.2) is 112 Å². The number of aryl methyl sites for hydroxylation is 1. The van der Waals surface area contributed by atoms with Gasteiger partial charge in [0.05, 0.1) is 15.9 Å². The van der Waals surface area contributed by atoms with Crippen molar-refractivity contribution in [2.24, 2.45) is 30.4 Å². The van der Waals surface area contributed by atoms with Gasteiger partial charge >= 0.3 is 5.69 Å². The summed E-state index contributed by atoms with van der Waals surface area (Å²) < 4.78 is 26.7. The molecule has 7 rings (SSSR count). The van der Waals surface area contributed by atoms with Gasteiger partial charge in [-0.1, -0.05) is 18.2 Å². The van der Waals surface area contributed by atoms with Crippen molar-refractivity contribution < 1.29 is 42.0 Å². The molecule has 20 heteroatoms. The third-order valence-electron chi connectivity index (χ3n) is 13.6. The Balaban J connectivity index is 0.901. The van der Waals surface area contributed by atoms with Crippen LogP contribution in [0, 0.1) is 11.8 Å². The second-order valence-electron chi connectivity index (χ2n) is 18.2. The zero-order valence-electron chi connectivity index (χ0n) is 36.8.